The molecular weight excluding hydrogens is 306 g/mol. The van der Waals surface area contributed by atoms with Gasteiger partial charge >= 0.3 is 5.69 Å². The van der Waals surface area contributed by atoms with Gasteiger partial charge in [-0.3, -0.25) is 19.1 Å². The number of benzene rings is 1. The van der Waals surface area contributed by atoms with Crippen LogP contribution in [0.5, 0.6) is 0 Å². The van der Waals surface area contributed by atoms with Gasteiger partial charge in [0, 0.05) is 24.3 Å². The molecule has 1 heterocycles. The molecule has 0 radical (unpaired) electrons. The summed E-state index contributed by atoms with van der Waals surface area (Å²) in [5.74, 6) is -0.248. The number of likely N-dealkylation sites (N-methyl/N-ethyl adjacent to an activating group) is 1. The average Bonchev–Trinajstić information content (AvgIpc) is 2.48. The number of hydrogen-bond donors (Lipinski definition) is 1. The predicted molar refractivity (Wildman–Crippen MR) is 84.0 cm³/mol. The van der Waals surface area contributed by atoms with Crippen LogP contribution in [0.25, 0.3) is 0 Å². The number of nitrogens with zero attached hydrogens (tertiary/aromatic N) is 2. The number of aromatic amines is 1. The second kappa shape index (κ2) is 6.62. The number of carbonyl (C=O) groups is 1. The Morgan fingerprint density at radius 3 is 2.73 bits per heavy atom. The van der Waals surface area contributed by atoms with E-state index in [1.54, 1.807) is 19.2 Å². The monoisotopic (exact) mass is 321 g/mol. The minimum atomic E-state index is -0.607. The zero-order valence-electron chi connectivity index (χ0n) is 12.2. The molecule has 2 rings (SSSR count). The normalized spacial score (nSPS) is 12.0. The van der Waals surface area contributed by atoms with Gasteiger partial charge in [-0.25, -0.2) is 4.79 Å². The second-order valence-corrected chi connectivity index (χ2v) is 5.41. The fourth-order valence-corrected chi connectivity index (χ4v) is 2.23. The summed E-state index contributed by atoms with van der Waals surface area (Å²) < 4.78 is 1.16. The van der Waals surface area contributed by atoms with Crippen LogP contribution in [0, 0.1) is 0 Å². The summed E-state index contributed by atoms with van der Waals surface area (Å²) in [7, 11) is 1.66. The van der Waals surface area contributed by atoms with Crippen LogP contribution >= 0.6 is 11.6 Å². The largest absolute Gasteiger partial charge is 0.337 e. The predicted octanol–water partition coefficient (Wildman–Crippen LogP) is 1.41. The van der Waals surface area contributed by atoms with E-state index in [0.29, 0.717) is 5.02 Å². The van der Waals surface area contributed by atoms with Gasteiger partial charge < -0.3 is 4.90 Å². The van der Waals surface area contributed by atoms with Crippen LogP contribution in [0.3, 0.4) is 0 Å². The van der Waals surface area contributed by atoms with E-state index in [2.05, 4.69) is 4.98 Å². The number of rotatable bonds is 4. The number of H-pyrrole nitrogens is 1. The van der Waals surface area contributed by atoms with Crippen LogP contribution in [0.4, 0.5) is 0 Å². The molecule has 0 aliphatic rings. The van der Waals surface area contributed by atoms with Crippen molar-refractivity contribution in [3.05, 3.63) is 68.0 Å². The summed E-state index contributed by atoms with van der Waals surface area (Å²) in [4.78, 5) is 38.5. The van der Waals surface area contributed by atoms with Crippen molar-refractivity contribution in [1.82, 2.24) is 14.5 Å². The number of nitrogens with one attached hydrogen (secondary N) is 1. The van der Waals surface area contributed by atoms with Gasteiger partial charge in [0.1, 0.15) is 6.54 Å². The molecule has 7 heteroatoms. The van der Waals surface area contributed by atoms with Crippen molar-refractivity contribution in [2.24, 2.45) is 0 Å². The van der Waals surface area contributed by atoms with Crippen molar-refractivity contribution in [2.45, 2.75) is 19.5 Å². The molecule has 0 unspecified atom stereocenters. The van der Waals surface area contributed by atoms with Gasteiger partial charge in [0.15, 0.2) is 0 Å². The second-order valence-electron chi connectivity index (χ2n) is 4.97. The maximum atomic E-state index is 12.3. The summed E-state index contributed by atoms with van der Waals surface area (Å²) >= 11 is 5.96. The van der Waals surface area contributed by atoms with E-state index in [1.807, 2.05) is 19.1 Å². The third-order valence-electron chi connectivity index (χ3n) is 3.51. The molecule has 0 spiro atoms. The van der Waals surface area contributed by atoms with Crippen LogP contribution < -0.4 is 11.2 Å². The topological polar surface area (TPSA) is 75.2 Å². The van der Waals surface area contributed by atoms with Crippen molar-refractivity contribution in [2.75, 3.05) is 7.05 Å². The van der Waals surface area contributed by atoms with E-state index in [-0.39, 0.29) is 18.5 Å². The van der Waals surface area contributed by atoms with Crippen molar-refractivity contribution >= 4 is 17.5 Å². The summed E-state index contributed by atoms with van der Waals surface area (Å²) in [6.07, 6.45) is 1.30. The lowest BCUT2D eigenvalue weighted by Crippen LogP contribution is -2.37. The Labute approximate surface area is 132 Å². The standard InChI is InChI=1S/C15H16ClN3O3/c1-10(11-4-3-5-12(16)8-11)18(2)14(21)9-19-7-6-13(20)17-15(19)22/h3-8,10H,9H2,1-2H3,(H,17,20,22)/t10-/m1/s1. The average molecular weight is 322 g/mol. The zero-order valence-corrected chi connectivity index (χ0v) is 13.0. The Kier molecular flexibility index (Phi) is 4.82. The number of amides is 1. The Balaban J connectivity index is 2.15. The van der Waals surface area contributed by atoms with Gasteiger partial charge in [-0.05, 0) is 24.6 Å². The first kappa shape index (κ1) is 16.0. The highest BCUT2D eigenvalue weighted by molar-refractivity contribution is 6.30. The van der Waals surface area contributed by atoms with Crippen molar-refractivity contribution in [3.63, 3.8) is 0 Å². The van der Waals surface area contributed by atoms with Crippen molar-refractivity contribution in [1.29, 1.82) is 0 Å². The van der Waals surface area contributed by atoms with E-state index in [1.165, 1.54) is 17.2 Å². The highest BCUT2D eigenvalue weighted by atomic mass is 35.5. The van der Waals surface area contributed by atoms with Crippen LogP contribution in [0.1, 0.15) is 18.5 Å². The summed E-state index contributed by atoms with van der Waals surface area (Å²) in [5.41, 5.74) is -0.198. The maximum absolute atomic E-state index is 12.3. The van der Waals surface area contributed by atoms with Gasteiger partial charge in [-0.1, -0.05) is 23.7 Å². The molecule has 0 saturated heterocycles. The molecule has 1 atom stereocenters. The van der Waals surface area contributed by atoms with Crippen LogP contribution in [0.15, 0.2) is 46.1 Å². The van der Waals surface area contributed by atoms with Gasteiger partial charge in [0.05, 0.1) is 6.04 Å². The quantitative estimate of drug-likeness (QED) is 0.925. The molecule has 6 nitrogen and oxygen atoms in total. The van der Waals surface area contributed by atoms with Gasteiger partial charge in [-0.2, -0.15) is 0 Å². The van der Waals surface area contributed by atoms with Gasteiger partial charge in [0.25, 0.3) is 5.56 Å². The molecule has 1 aromatic heterocycles. The Hall–Kier alpha value is -2.34. The van der Waals surface area contributed by atoms with E-state index in [0.717, 1.165) is 10.1 Å². The highest BCUT2D eigenvalue weighted by Crippen LogP contribution is 2.21. The smallest absolute Gasteiger partial charge is 0.328 e. The lowest BCUT2D eigenvalue weighted by molar-refractivity contribution is -0.132. The SMILES string of the molecule is C[C@H](c1cccc(Cl)c1)N(C)C(=O)Cn1ccc(=O)[nH]c1=O. The molecular formula is C15H16ClN3O3. The number of aromatic nitrogens is 2. The molecule has 2 aromatic rings. The Bertz CT molecular complexity index is 797. The van der Waals surface area contributed by atoms with Crippen molar-refractivity contribution in [3.8, 4) is 0 Å². The van der Waals surface area contributed by atoms with E-state index in [9.17, 15) is 14.4 Å². The van der Waals surface area contributed by atoms with Gasteiger partial charge in [0.2, 0.25) is 5.91 Å². The molecule has 1 N–H and O–H groups in total. The lowest BCUT2D eigenvalue weighted by Gasteiger charge is -2.25. The number of hydrogen-bond acceptors (Lipinski definition) is 3. The van der Waals surface area contributed by atoms with Crippen molar-refractivity contribution < 1.29 is 4.79 Å². The Morgan fingerprint density at radius 2 is 2.09 bits per heavy atom. The zero-order chi connectivity index (χ0) is 16.3. The first-order valence-electron chi connectivity index (χ1n) is 6.69. The van der Waals surface area contributed by atoms with Crippen LogP contribution in [-0.2, 0) is 11.3 Å². The third-order valence-corrected chi connectivity index (χ3v) is 3.74. The molecule has 22 heavy (non-hydrogen) atoms. The summed E-state index contributed by atoms with van der Waals surface area (Å²) in [5, 5.41) is 0.599. The van der Waals surface area contributed by atoms with E-state index >= 15 is 0 Å². The molecule has 0 aliphatic heterocycles. The highest BCUT2D eigenvalue weighted by Gasteiger charge is 2.18. The molecule has 0 saturated carbocycles. The molecule has 1 aromatic carbocycles. The summed E-state index contributed by atoms with van der Waals surface area (Å²) in [6, 6.07) is 8.27. The minimum absolute atomic E-state index is 0.142. The van der Waals surface area contributed by atoms with E-state index < -0.39 is 11.2 Å². The van der Waals surface area contributed by atoms with E-state index in [4.69, 9.17) is 11.6 Å². The fourth-order valence-electron chi connectivity index (χ4n) is 2.03. The number of halogens is 1. The molecule has 0 aliphatic carbocycles. The molecule has 116 valence electrons. The maximum Gasteiger partial charge on any atom is 0.328 e. The summed E-state index contributed by atoms with van der Waals surface area (Å²) in [6.45, 7) is 1.73. The fraction of sp³-hybridized carbons (Fsp3) is 0.267. The van der Waals surface area contributed by atoms with Crippen LogP contribution in [-0.4, -0.2) is 27.4 Å². The van der Waals surface area contributed by atoms with Gasteiger partial charge in [-0.15, -0.1) is 0 Å². The lowest BCUT2D eigenvalue weighted by atomic mass is 10.1. The Morgan fingerprint density at radius 1 is 1.36 bits per heavy atom. The number of carbonyl (C=O) groups excluding carboxylic acids is 1. The third kappa shape index (κ3) is 3.65. The molecule has 1 amide bonds. The van der Waals surface area contributed by atoms with Crippen LogP contribution in [0.2, 0.25) is 5.02 Å². The minimum Gasteiger partial charge on any atom is -0.337 e. The molecule has 0 bridgehead atoms. The first-order chi connectivity index (χ1) is 10.4. The first-order valence-corrected chi connectivity index (χ1v) is 7.07. The molecule has 0 fully saturated rings.